The van der Waals surface area contributed by atoms with Crippen LogP contribution in [0.2, 0.25) is 0 Å². The Morgan fingerprint density at radius 3 is 1.29 bits per heavy atom. The molecule has 0 N–H and O–H groups in total. The van der Waals surface area contributed by atoms with Crippen molar-refractivity contribution in [1.82, 2.24) is 0 Å². The Labute approximate surface area is 120 Å². The molecule has 0 saturated heterocycles. The Morgan fingerprint density at radius 1 is 1.29 bits per heavy atom. The molecule has 0 saturated carbocycles. The van der Waals surface area contributed by atoms with E-state index in [1.807, 2.05) is 0 Å². The predicted octanol–water partition coefficient (Wildman–Crippen LogP) is -8.82. The standard InChI is InChI=1S/CH2O3.FH.K.Sr/c2-1(3)4;;;/h(H2,2,3,4);1H;;/q;;+1;+2/p-3. The Hall–Kier alpha value is 2.32. The molecule has 3 nitrogen and oxygen atoms in total. The molecule has 32 valence electrons. The first-order valence-electron chi connectivity index (χ1n) is 0.612. The number of carbonyl (C=O) groups is 1. The summed E-state index contributed by atoms with van der Waals surface area (Å²) in [5.74, 6) is 0. The Kier molecular flexibility index (Phi) is 51.3. The molecule has 0 fully saturated rings. The molecule has 0 bridgehead atoms. The van der Waals surface area contributed by atoms with Gasteiger partial charge in [-0.25, -0.2) is 0 Å². The summed E-state index contributed by atoms with van der Waals surface area (Å²) in [6.07, 6.45) is -2.33. The molecule has 0 atom stereocenters. The van der Waals surface area contributed by atoms with Crippen molar-refractivity contribution in [1.29, 1.82) is 0 Å². The minimum absolute atomic E-state index is 0. The molecule has 0 aliphatic rings. The summed E-state index contributed by atoms with van der Waals surface area (Å²) in [7, 11) is 0. The third-order valence-electron chi connectivity index (χ3n) is 0. The van der Waals surface area contributed by atoms with Crippen molar-refractivity contribution < 1.29 is 71.1 Å². The van der Waals surface area contributed by atoms with Crippen molar-refractivity contribution >= 4 is 51.6 Å². The van der Waals surface area contributed by atoms with Gasteiger partial charge in [-0.2, -0.15) is 0 Å². The fourth-order valence-corrected chi connectivity index (χ4v) is 0. The second-order valence-corrected chi connectivity index (χ2v) is 0.250. The van der Waals surface area contributed by atoms with Crippen LogP contribution in [0.1, 0.15) is 0 Å². The van der Waals surface area contributed by atoms with Gasteiger partial charge in [0, 0.05) is 0 Å². The summed E-state index contributed by atoms with van der Waals surface area (Å²) in [6, 6.07) is 0. The van der Waals surface area contributed by atoms with Crippen molar-refractivity contribution in [3.8, 4) is 0 Å². The van der Waals surface area contributed by atoms with Crippen LogP contribution in [0.5, 0.6) is 0 Å². The maximum absolute atomic E-state index is 8.33. The molecule has 6 heteroatoms. The van der Waals surface area contributed by atoms with Crippen LogP contribution in [-0.2, 0) is 0 Å². The van der Waals surface area contributed by atoms with Crippen molar-refractivity contribution in [3.63, 3.8) is 0 Å². The third-order valence-corrected chi connectivity index (χ3v) is 0. The maximum atomic E-state index is 8.33. The Morgan fingerprint density at radius 2 is 1.29 bits per heavy atom. The number of halogens is 1. The molecule has 0 unspecified atom stereocenters. The molecule has 0 spiro atoms. The zero-order valence-corrected chi connectivity index (χ0v) is 10.4. The molecular weight excluding hydrogens is 206 g/mol. The predicted molar refractivity (Wildman–Crippen MR) is 11.1 cm³/mol. The van der Waals surface area contributed by atoms with E-state index in [1.165, 1.54) is 0 Å². The van der Waals surface area contributed by atoms with Crippen LogP contribution in [-0.4, -0.2) is 51.6 Å². The summed E-state index contributed by atoms with van der Waals surface area (Å²) in [5.41, 5.74) is 0. The largest absolute Gasteiger partial charge is 2.00 e. The van der Waals surface area contributed by atoms with Crippen LogP contribution in [0.3, 0.4) is 0 Å². The van der Waals surface area contributed by atoms with Crippen molar-refractivity contribution in [2.24, 2.45) is 0 Å². The Balaban J connectivity index is -0.0000000150. The summed E-state index contributed by atoms with van der Waals surface area (Å²) in [5, 5.41) is 16.7. The molecule has 0 aromatic carbocycles. The number of carboxylic acid groups (broad SMARTS) is 2. The maximum Gasteiger partial charge on any atom is 2.00 e. The minimum atomic E-state index is -2.33. The first kappa shape index (κ1) is 22.8. The van der Waals surface area contributed by atoms with Gasteiger partial charge in [-0.05, 0) is 6.16 Å². The van der Waals surface area contributed by atoms with E-state index >= 15 is 0 Å². The summed E-state index contributed by atoms with van der Waals surface area (Å²) >= 11 is 0. The molecule has 0 aromatic heterocycles. The van der Waals surface area contributed by atoms with Gasteiger partial charge in [-0.1, -0.05) is 0 Å². The first-order valence-corrected chi connectivity index (χ1v) is 0.612. The number of hydrogen-bond acceptors (Lipinski definition) is 3. The van der Waals surface area contributed by atoms with Crippen molar-refractivity contribution in [2.45, 2.75) is 0 Å². The molecule has 0 rings (SSSR count). The van der Waals surface area contributed by atoms with Crippen LogP contribution in [0, 0.1) is 0 Å². The van der Waals surface area contributed by atoms with Crippen LogP contribution < -0.4 is 66.3 Å². The van der Waals surface area contributed by atoms with Crippen LogP contribution in [0.4, 0.5) is 4.79 Å². The van der Waals surface area contributed by atoms with Crippen molar-refractivity contribution in [2.75, 3.05) is 0 Å². The molecule has 0 aliphatic heterocycles. The number of carbonyl (C=O) groups excluding carboxylic acids is 1. The molecule has 0 amide bonds. The van der Waals surface area contributed by atoms with E-state index in [1.54, 1.807) is 0 Å². The van der Waals surface area contributed by atoms with Crippen molar-refractivity contribution in [3.05, 3.63) is 0 Å². The molecule has 0 aromatic rings. The number of hydrogen-bond donors (Lipinski definition) is 0. The van der Waals surface area contributed by atoms with Gasteiger partial charge in [0.2, 0.25) is 0 Å². The second kappa shape index (κ2) is 15.8. The smallest absolute Gasteiger partial charge is 1.00 e. The minimum Gasteiger partial charge on any atom is -1.00 e. The van der Waals surface area contributed by atoms with Gasteiger partial charge in [0.1, 0.15) is 0 Å². The van der Waals surface area contributed by atoms with Crippen LogP contribution in [0.15, 0.2) is 0 Å². The number of rotatable bonds is 0. The van der Waals surface area contributed by atoms with Gasteiger partial charge in [0.05, 0.1) is 0 Å². The van der Waals surface area contributed by atoms with E-state index in [2.05, 4.69) is 0 Å². The normalized spacial score (nSPS) is 3.43. The average Bonchev–Trinajstić information content (AvgIpc) is 0.811. The Bertz CT molecular complexity index is 37.9. The van der Waals surface area contributed by atoms with Gasteiger partial charge in [-0.3, -0.25) is 0 Å². The quantitative estimate of drug-likeness (QED) is 0.369. The molecule has 7 heavy (non-hydrogen) atoms. The van der Waals surface area contributed by atoms with E-state index in [0.717, 1.165) is 0 Å². The summed E-state index contributed by atoms with van der Waals surface area (Å²) in [6.45, 7) is 0. The van der Waals surface area contributed by atoms with E-state index in [4.69, 9.17) is 15.0 Å². The SMILES string of the molecule is O=C([O-])[O-].[F-].[K+].[Sr+2]. The molecule has 0 radical (unpaired) electrons. The monoisotopic (exact) mass is 206 g/mol. The van der Waals surface area contributed by atoms with Gasteiger partial charge >= 0.3 is 96.9 Å². The molecule has 0 heterocycles. The third kappa shape index (κ3) is 61.8. The van der Waals surface area contributed by atoms with Crippen LogP contribution in [0.25, 0.3) is 0 Å². The average molecular weight is 206 g/mol. The summed E-state index contributed by atoms with van der Waals surface area (Å²) < 4.78 is 0. The van der Waals surface area contributed by atoms with E-state index < -0.39 is 6.16 Å². The fourth-order valence-electron chi connectivity index (χ4n) is 0. The second-order valence-electron chi connectivity index (χ2n) is 0.250. The van der Waals surface area contributed by atoms with E-state index in [0.29, 0.717) is 0 Å². The zero-order valence-electron chi connectivity index (χ0n) is 3.81. The summed E-state index contributed by atoms with van der Waals surface area (Å²) in [4.78, 5) is 8.33. The van der Waals surface area contributed by atoms with Gasteiger partial charge in [0.25, 0.3) is 0 Å². The van der Waals surface area contributed by atoms with Gasteiger partial charge in [0.15, 0.2) is 0 Å². The van der Waals surface area contributed by atoms with Crippen LogP contribution >= 0.6 is 0 Å². The molecular formula is CFKO3Sr. The van der Waals surface area contributed by atoms with Gasteiger partial charge in [-0.15, -0.1) is 0 Å². The molecule has 0 aliphatic carbocycles. The van der Waals surface area contributed by atoms with E-state index in [9.17, 15) is 0 Å². The fraction of sp³-hybridized carbons (Fsp3) is 0. The zero-order chi connectivity index (χ0) is 3.58. The van der Waals surface area contributed by atoms with E-state index in [-0.39, 0.29) is 102 Å². The topological polar surface area (TPSA) is 63.2 Å². The van der Waals surface area contributed by atoms with Gasteiger partial charge < -0.3 is 19.7 Å². The first-order chi connectivity index (χ1) is 1.73.